The highest BCUT2D eigenvalue weighted by molar-refractivity contribution is 6.31. The maximum Gasteiger partial charge on any atom is 0.124 e. The lowest BCUT2D eigenvalue weighted by Gasteiger charge is -2.31. The molecule has 0 radical (unpaired) electrons. The summed E-state index contributed by atoms with van der Waals surface area (Å²) in [5.41, 5.74) is 0.957. The van der Waals surface area contributed by atoms with Crippen molar-refractivity contribution in [3.8, 4) is 0 Å². The first-order chi connectivity index (χ1) is 9.56. The third-order valence-corrected chi connectivity index (χ3v) is 4.27. The molecule has 0 spiro atoms. The molecular formula is C16H24ClFN2. The minimum Gasteiger partial charge on any atom is -0.306 e. The molecule has 4 heteroatoms. The van der Waals surface area contributed by atoms with E-state index in [-0.39, 0.29) is 11.9 Å². The molecule has 1 fully saturated rings. The van der Waals surface area contributed by atoms with Gasteiger partial charge < -0.3 is 10.2 Å². The summed E-state index contributed by atoms with van der Waals surface area (Å²) in [5, 5.41) is 4.05. The van der Waals surface area contributed by atoms with Crippen LogP contribution in [0.4, 0.5) is 4.39 Å². The van der Waals surface area contributed by atoms with Crippen LogP contribution in [0.1, 0.15) is 44.7 Å². The Bertz CT molecular complexity index is 432. The molecule has 2 rings (SSSR count). The number of nitrogens with zero attached hydrogens (tertiary/aromatic N) is 1. The lowest BCUT2D eigenvalue weighted by molar-refractivity contribution is 0.205. The Balaban J connectivity index is 1.87. The second-order valence-corrected chi connectivity index (χ2v) is 6.22. The Morgan fingerprint density at radius 2 is 1.95 bits per heavy atom. The van der Waals surface area contributed by atoms with E-state index in [4.69, 9.17) is 11.6 Å². The molecule has 1 aliphatic rings. The monoisotopic (exact) mass is 298 g/mol. The topological polar surface area (TPSA) is 15.3 Å². The van der Waals surface area contributed by atoms with E-state index < -0.39 is 0 Å². The molecule has 1 N–H and O–H groups in total. The summed E-state index contributed by atoms with van der Waals surface area (Å²) in [7, 11) is 0. The molecule has 1 aromatic carbocycles. The number of rotatable bonds is 5. The number of piperidine rings is 1. The highest BCUT2D eigenvalue weighted by atomic mass is 35.5. The van der Waals surface area contributed by atoms with Crippen LogP contribution in [0.5, 0.6) is 0 Å². The van der Waals surface area contributed by atoms with Gasteiger partial charge in [-0.25, -0.2) is 4.39 Å². The summed E-state index contributed by atoms with van der Waals surface area (Å²) in [6.07, 6.45) is 3.98. The van der Waals surface area contributed by atoms with Gasteiger partial charge in [0.2, 0.25) is 0 Å². The Morgan fingerprint density at radius 3 is 2.60 bits per heavy atom. The molecule has 1 heterocycles. The third kappa shape index (κ3) is 4.44. The SMILES string of the molecule is CC(CN1CCCCC1)NC(C)c1ccc(F)cc1Cl. The van der Waals surface area contributed by atoms with Crippen LogP contribution in [-0.4, -0.2) is 30.6 Å². The predicted molar refractivity (Wildman–Crippen MR) is 82.7 cm³/mol. The lowest BCUT2D eigenvalue weighted by Crippen LogP contribution is -2.42. The lowest BCUT2D eigenvalue weighted by atomic mass is 10.1. The average molecular weight is 299 g/mol. The second kappa shape index (κ2) is 7.39. The molecule has 0 aromatic heterocycles. The zero-order valence-electron chi connectivity index (χ0n) is 12.3. The van der Waals surface area contributed by atoms with Crippen molar-refractivity contribution in [1.82, 2.24) is 10.2 Å². The molecule has 0 aliphatic carbocycles. The van der Waals surface area contributed by atoms with E-state index in [2.05, 4.69) is 24.1 Å². The van der Waals surface area contributed by atoms with Gasteiger partial charge in [0.25, 0.3) is 0 Å². The summed E-state index contributed by atoms with van der Waals surface area (Å²) in [6, 6.07) is 5.13. The van der Waals surface area contributed by atoms with Crippen molar-refractivity contribution in [2.75, 3.05) is 19.6 Å². The van der Waals surface area contributed by atoms with Crippen LogP contribution in [0.3, 0.4) is 0 Å². The van der Waals surface area contributed by atoms with E-state index in [0.29, 0.717) is 11.1 Å². The van der Waals surface area contributed by atoms with Crippen molar-refractivity contribution in [3.05, 3.63) is 34.6 Å². The van der Waals surface area contributed by atoms with E-state index >= 15 is 0 Å². The van der Waals surface area contributed by atoms with Gasteiger partial charge in [0, 0.05) is 23.7 Å². The predicted octanol–water partition coefficient (Wildman–Crippen LogP) is 4.00. The highest BCUT2D eigenvalue weighted by Crippen LogP contribution is 2.24. The fourth-order valence-electron chi connectivity index (χ4n) is 2.95. The quantitative estimate of drug-likeness (QED) is 0.884. The van der Waals surface area contributed by atoms with Crippen LogP contribution in [0.25, 0.3) is 0 Å². The number of nitrogens with one attached hydrogen (secondary N) is 1. The summed E-state index contributed by atoms with van der Waals surface area (Å²) >= 11 is 6.11. The van der Waals surface area contributed by atoms with E-state index in [0.717, 1.165) is 12.1 Å². The summed E-state index contributed by atoms with van der Waals surface area (Å²) in [4.78, 5) is 2.51. The van der Waals surface area contributed by atoms with Gasteiger partial charge in [-0.1, -0.05) is 24.1 Å². The molecular weight excluding hydrogens is 275 g/mol. The van der Waals surface area contributed by atoms with Crippen molar-refractivity contribution in [1.29, 1.82) is 0 Å². The zero-order chi connectivity index (χ0) is 14.5. The summed E-state index contributed by atoms with van der Waals surface area (Å²) in [6.45, 7) is 7.74. The molecule has 0 saturated carbocycles. The molecule has 2 unspecified atom stereocenters. The van der Waals surface area contributed by atoms with Gasteiger partial charge in [0.1, 0.15) is 5.82 Å². The van der Waals surface area contributed by atoms with Gasteiger partial charge in [0.05, 0.1) is 0 Å². The van der Waals surface area contributed by atoms with Crippen molar-refractivity contribution in [3.63, 3.8) is 0 Å². The molecule has 1 saturated heterocycles. The van der Waals surface area contributed by atoms with E-state index in [1.807, 2.05) is 0 Å². The van der Waals surface area contributed by atoms with Gasteiger partial charge in [-0.2, -0.15) is 0 Å². The normalized spacial score (nSPS) is 19.8. The van der Waals surface area contributed by atoms with Crippen LogP contribution in [0.2, 0.25) is 5.02 Å². The molecule has 1 aromatic rings. The molecule has 0 bridgehead atoms. The van der Waals surface area contributed by atoms with Gasteiger partial charge in [-0.3, -0.25) is 0 Å². The maximum atomic E-state index is 13.1. The smallest absolute Gasteiger partial charge is 0.124 e. The van der Waals surface area contributed by atoms with Crippen LogP contribution in [-0.2, 0) is 0 Å². The first-order valence-electron chi connectivity index (χ1n) is 7.49. The van der Waals surface area contributed by atoms with Crippen molar-refractivity contribution >= 4 is 11.6 Å². The third-order valence-electron chi connectivity index (χ3n) is 3.94. The zero-order valence-corrected chi connectivity index (χ0v) is 13.1. The Kier molecular flexibility index (Phi) is 5.82. The molecule has 2 atom stereocenters. The van der Waals surface area contributed by atoms with Crippen molar-refractivity contribution in [2.24, 2.45) is 0 Å². The molecule has 2 nitrogen and oxygen atoms in total. The Hall–Kier alpha value is -0.640. The highest BCUT2D eigenvalue weighted by Gasteiger charge is 2.16. The first-order valence-corrected chi connectivity index (χ1v) is 7.87. The van der Waals surface area contributed by atoms with Crippen molar-refractivity contribution < 1.29 is 4.39 Å². The number of hydrogen-bond acceptors (Lipinski definition) is 2. The fraction of sp³-hybridized carbons (Fsp3) is 0.625. The van der Waals surface area contributed by atoms with Crippen molar-refractivity contribution in [2.45, 2.75) is 45.2 Å². The summed E-state index contributed by atoms with van der Waals surface area (Å²) < 4.78 is 13.1. The minimum atomic E-state index is -0.285. The second-order valence-electron chi connectivity index (χ2n) is 5.82. The van der Waals surface area contributed by atoms with Gasteiger partial charge >= 0.3 is 0 Å². The number of benzene rings is 1. The number of hydrogen-bond donors (Lipinski definition) is 1. The van der Waals surface area contributed by atoms with Gasteiger partial charge in [-0.15, -0.1) is 0 Å². The molecule has 1 aliphatic heterocycles. The standard InChI is InChI=1S/C16H24ClFN2/c1-12(11-20-8-4-3-5-9-20)19-13(2)15-7-6-14(18)10-16(15)17/h6-7,10,12-13,19H,3-5,8-9,11H2,1-2H3. The van der Waals surface area contributed by atoms with E-state index in [1.54, 1.807) is 6.07 Å². The Labute approximate surface area is 126 Å². The maximum absolute atomic E-state index is 13.1. The van der Waals surface area contributed by atoms with Crippen LogP contribution >= 0.6 is 11.6 Å². The van der Waals surface area contributed by atoms with E-state index in [9.17, 15) is 4.39 Å². The van der Waals surface area contributed by atoms with Crippen LogP contribution < -0.4 is 5.32 Å². The molecule has 20 heavy (non-hydrogen) atoms. The van der Waals surface area contributed by atoms with Crippen LogP contribution in [0, 0.1) is 5.82 Å². The fourth-order valence-corrected chi connectivity index (χ4v) is 3.28. The Morgan fingerprint density at radius 1 is 1.25 bits per heavy atom. The first kappa shape index (κ1) is 15.7. The largest absolute Gasteiger partial charge is 0.306 e. The minimum absolute atomic E-state index is 0.128. The van der Waals surface area contributed by atoms with E-state index in [1.165, 1.54) is 44.5 Å². The average Bonchev–Trinajstić information content (AvgIpc) is 2.39. The summed E-state index contributed by atoms with van der Waals surface area (Å²) in [5.74, 6) is -0.285. The molecule has 0 amide bonds. The molecule has 112 valence electrons. The van der Waals surface area contributed by atoms with Crippen LogP contribution in [0.15, 0.2) is 18.2 Å². The number of halogens is 2. The van der Waals surface area contributed by atoms with Gasteiger partial charge in [-0.05, 0) is 57.5 Å². The van der Waals surface area contributed by atoms with Gasteiger partial charge in [0.15, 0.2) is 0 Å². The number of likely N-dealkylation sites (tertiary alicyclic amines) is 1.